The minimum atomic E-state index is -3.43. The molecule has 1 aliphatic rings. The molecule has 174 valence electrons. The maximum Gasteiger partial charge on any atom is 0.294 e. The molecule has 2 N–H and O–H groups in total. The quantitative estimate of drug-likeness (QED) is 0.259. The van der Waals surface area contributed by atoms with Gasteiger partial charge in [-0.05, 0) is 56.3 Å². The summed E-state index contributed by atoms with van der Waals surface area (Å²) in [5.74, 6) is -3.21. The summed E-state index contributed by atoms with van der Waals surface area (Å²) in [5, 5.41) is 11.6. The molecule has 0 aromatic rings. The van der Waals surface area contributed by atoms with Gasteiger partial charge in [0.2, 0.25) is 0 Å². The number of nitrogens with zero attached hydrogens (tertiary/aromatic N) is 2. The molecule has 0 spiro atoms. The van der Waals surface area contributed by atoms with Crippen LogP contribution < -0.4 is 5.32 Å². The van der Waals surface area contributed by atoms with E-state index in [9.17, 15) is 18.0 Å². The second kappa shape index (κ2) is 14.8. The van der Waals surface area contributed by atoms with Gasteiger partial charge in [-0.25, -0.2) is 4.39 Å². The zero-order valence-electron chi connectivity index (χ0n) is 18.2. The number of alkyl halides is 3. The Kier molecular flexibility index (Phi) is 12.8. The molecule has 0 unspecified atom stereocenters. The largest absolute Gasteiger partial charge is 0.375 e. The van der Waals surface area contributed by atoms with Crippen LogP contribution >= 0.6 is 0 Å². The van der Waals surface area contributed by atoms with E-state index in [-0.39, 0.29) is 12.6 Å². The molecule has 1 aliphatic heterocycles. The van der Waals surface area contributed by atoms with Crippen molar-refractivity contribution in [1.82, 2.24) is 10.2 Å². The monoisotopic (exact) mass is 441 g/mol. The van der Waals surface area contributed by atoms with Crippen molar-refractivity contribution in [2.24, 2.45) is 10.9 Å². The first-order valence-electron chi connectivity index (χ1n) is 10.6. The highest BCUT2D eigenvalue weighted by Gasteiger charge is 2.24. The van der Waals surface area contributed by atoms with Crippen LogP contribution in [0, 0.1) is 5.92 Å². The Bertz CT molecular complexity index is 680. The molecular formula is C23H34F3N3O2. The number of aliphatic imine (C=N–C) groups is 1. The van der Waals surface area contributed by atoms with E-state index in [1.165, 1.54) is 12.3 Å². The standard InChI is InChI=1S/C23H34F3N3O2/c1-3-6-21(16-27-18-30)22(31)28-11-14-29-12-8-20(9-13-29)15-19(4-2)7-5-10-23(25,26)17-24/h4-7,10,16,20,30H,2-3,8-9,11-15,17-18H2,1H3,(H,28,31)/b10-5+,19-7+,21-6+,27-16-. The SMILES string of the molecule is C=C/C(=C\C=C\C(F)(F)CF)CC1CCN(CCNC(=O)C(/C=N\CO)=C/CC)CC1. The van der Waals surface area contributed by atoms with Crippen LogP contribution in [0.3, 0.4) is 0 Å². The maximum absolute atomic E-state index is 12.9. The first kappa shape index (κ1) is 26.8. The normalized spacial score (nSPS) is 17.6. The highest BCUT2D eigenvalue weighted by molar-refractivity contribution is 6.12. The third kappa shape index (κ3) is 11.1. The number of hydrogen-bond acceptors (Lipinski definition) is 4. The van der Waals surface area contributed by atoms with Crippen LogP contribution in [-0.4, -0.2) is 67.6 Å². The second-order valence-electron chi connectivity index (χ2n) is 7.47. The lowest BCUT2D eigenvalue weighted by molar-refractivity contribution is -0.117. The van der Waals surface area contributed by atoms with E-state index in [2.05, 4.69) is 21.8 Å². The molecule has 31 heavy (non-hydrogen) atoms. The van der Waals surface area contributed by atoms with E-state index in [1.807, 2.05) is 6.92 Å². The molecule has 0 atom stereocenters. The molecule has 1 amide bonds. The van der Waals surface area contributed by atoms with Crippen molar-refractivity contribution in [3.8, 4) is 0 Å². The van der Waals surface area contributed by atoms with Crippen molar-refractivity contribution in [2.45, 2.75) is 38.5 Å². The molecule has 1 heterocycles. The first-order valence-corrected chi connectivity index (χ1v) is 10.6. The summed E-state index contributed by atoms with van der Waals surface area (Å²) in [6.07, 6.45) is 11.5. The number of likely N-dealkylation sites (tertiary alicyclic amines) is 1. The van der Waals surface area contributed by atoms with Gasteiger partial charge in [-0.1, -0.05) is 37.8 Å². The summed E-state index contributed by atoms with van der Waals surface area (Å²) in [6.45, 7) is 6.64. The average molecular weight is 442 g/mol. The zero-order valence-corrected chi connectivity index (χ0v) is 18.2. The van der Waals surface area contributed by atoms with Gasteiger partial charge in [0.05, 0.1) is 5.57 Å². The minimum Gasteiger partial charge on any atom is -0.375 e. The maximum atomic E-state index is 12.9. The molecule has 0 bridgehead atoms. The van der Waals surface area contributed by atoms with Gasteiger partial charge in [0, 0.05) is 19.3 Å². The third-order valence-electron chi connectivity index (χ3n) is 5.03. The van der Waals surface area contributed by atoms with Crippen LogP contribution in [0.5, 0.6) is 0 Å². The molecule has 1 fully saturated rings. The number of hydrogen-bond donors (Lipinski definition) is 2. The fourth-order valence-corrected chi connectivity index (χ4v) is 3.32. The van der Waals surface area contributed by atoms with E-state index in [4.69, 9.17) is 5.11 Å². The van der Waals surface area contributed by atoms with E-state index >= 15 is 0 Å². The van der Waals surface area contributed by atoms with Gasteiger partial charge >= 0.3 is 0 Å². The number of amides is 1. The highest BCUT2D eigenvalue weighted by atomic mass is 19.3. The van der Waals surface area contributed by atoms with Crippen molar-refractivity contribution in [1.29, 1.82) is 0 Å². The number of rotatable bonds is 13. The number of nitrogens with one attached hydrogen (secondary N) is 1. The van der Waals surface area contributed by atoms with E-state index in [1.54, 1.807) is 18.2 Å². The summed E-state index contributed by atoms with van der Waals surface area (Å²) in [4.78, 5) is 18.2. The van der Waals surface area contributed by atoms with Crippen molar-refractivity contribution < 1.29 is 23.1 Å². The van der Waals surface area contributed by atoms with Gasteiger partial charge in [0.1, 0.15) is 6.73 Å². The lowest BCUT2D eigenvalue weighted by Crippen LogP contribution is -2.40. The van der Waals surface area contributed by atoms with Crippen LogP contribution in [0.25, 0.3) is 0 Å². The molecule has 0 radical (unpaired) electrons. The number of allylic oxidation sites excluding steroid dienone is 6. The lowest BCUT2D eigenvalue weighted by atomic mass is 9.90. The second-order valence-corrected chi connectivity index (χ2v) is 7.47. The Morgan fingerprint density at radius 3 is 2.65 bits per heavy atom. The fourth-order valence-electron chi connectivity index (χ4n) is 3.32. The zero-order chi connectivity index (χ0) is 23.1. The predicted octanol–water partition coefficient (Wildman–Crippen LogP) is 3.84. The van der Waals surface area contributed by atoms with Gasteiger partial charge in [-0.15, -0.1) is 0 Å². The Labute approximate surface area is 183 Å². The number of aliphatic hydroxyl groups is 1. The van der Waals surface area contributed by atoms with E-state index < -0.39 is 12.6 Å². The Morgan fingerprint density at radius 2 is 2.06 bits per heavy atom. The molecule has 1 saturated heterocycles. The van der Waals surface area contributed by atoms with Gasteiger partial charge < -0.3 is 15.3 Å². The van der Waals surface area contributed by atoms with Gasteiger partial charge in [-0.3, -0.25) is 9.79 Å². The van der Waals surface area contributed by atoms with Crippen LogP contribution in [0.1, 0.15) is 32.6 Å². The van der Waals surface area contributed by atoms with E-state index in [0.717, 1.165) is 44.5 Å². The van der Waals surface area contributed by atoms with Gasteiger partial charge in [0.25, 0.3) is 11.8 Å². The summed E-state index contributed by atoms with van der Waals surface area (Å²) >= 11 is 0. The van der Waals surface area contributed by atoms with Crippen molar-refractivity contribution in [3.05, 3.63) is 48.1 Å². The molecule has 0 aromatic carbocycles. The van der Waals surface area contributed by atoms with Crippen molar-refractivity contribution >= 4 is 12.1 Å². The van der Waals surface area contributed by atoms with Crippen LogP contribution in [0.4, 0.5) is 13.2 Å². The van der Waals surface area contributed by atoms with Crippen molar-refractivity contribution in [3.63, 3.8) is 0 Å². The van der Waals surface area contributed by atoms with Gasteiger partial charge in [-0.2, -0.15) is 8.78 Å². The average Bonchev–Trinajstić information content (AvgIpc) is 2.76. The number of halogens is 3. The molecule has 0 aliphatic carbocycles. The van der Waals surface area contributed by atoms with Crippen LogP contribution in [-0.2, 0) is 4.79 Å². The number of piperidine rings is 1. The summed E-state index contributed by atoms with van der Waals surface area (Å²) < 4.78 is 38.0. The number of aliphatic hydroxyl groups excluding tert-OH is 1. The molecule has 8 heteroatoms. The summed E-state index contributed by atoms with van der Waals surface area (Å²) in [6, 6.07) is 0. The highest BCUT2D eigenvalue weighted by Crippen LogP contribution is 2.25. The third-order valence-corrected chi connectivity index (χ3v) is 5.03. The Balaban J connectivity index is 2.40. The fraction of sp³-hybridized carbons (Fsp3) is 0.565. The molecule has 0 saturated carbocycles. The summed E-state index contributed by atoms with van der Waals surface area (Å²) in [7, 11) is 0. The molecular weight excluding hydrogens is 407 g/mol. The minimum absolute atomic E-state index is 0.207. The Morgan fingerprint density at radius 1 is 1.35 bits per heavy atom. The van der Waals surface area contributed by atoms with Gasteiger partial charge in [0.15, 0.2) is 6.67 Å². The number of carbonyl (C=O) groups excluding carboxylic acids is 1. The van der Waals surface area contributed by atoms with Crippen LogP contribution in [0.2, 0.25) is 0 Å². The topological polar surface area (TPSA) is 64.9 Å². The molecule has 0 aromatic heterocycles. The predicted molar refractivity (Wildman–Crippen MR) is 119 cm³/mol. The van der Waals surface area contributed by atoms with Crippen molar-refractivity contribution in [2.75, 3.05) is 39.6 Å². The van der Waals surface area contributed by atoms with E-state index in [0.29, 0.717) is 30.5 Å². The summed E-state index contributed by atoms with van der Waals surface area (Å²) in [5.41, 5.74) is 1.30. The smallest absolute Gasteiger partial charge is 0.294 e. The molecule has 5 nitrogen and oxygen atoms in total. The molecule has 1 rings (SSSR count). The first-order chi connectivity index (χ1) is 14.8. The van der Waals surface area contributed by atoms with Crippen LogP contribution in [0.15, 0.2) is 53.1 Å². The number of carbonyl (C=O) groups is 1. The Hall–Kier alpha value is -2.19. The lowest BCUT2D eigenvalue weighted by Gasteiger charge is -2.32.